The molecule has 2 aromatic rings. The monoisotopic (exact) mass is 379 g/mol. The molecule has 5 heteroatoms. The van der Waals surface area contributed by atoms with Gasteiger partial charge in [-0.2, -0.15) is 0 Å². The topological polar surface area (TPSA) is 48.0 Å². The van der Waals surface area contributed by atoms with Crippen molar-refractivity contribution in [1.29, 1.82) is 0 Å². The SMILES string of the molecule is COc1ccc(C(=O)/C=C/C=C(\c2ccc(OC)cc2)N2CCOCC2)cc1. The normalized spacial score (nSPS) is 14.9. The number of carbonyl (C=O) groups is 1. The van der Waals surface area contributed by atoms with E-state index in [9.17, 15) is 4.79 Å². The lowest BCUT2D eigenvalue weighted by Gasteiger charge is -2.31. The Morgan fingerprint density at radius 3 is 1.96 bits per heavy atom. The van der Waals surface area contributed by atoms with Gasteiger partial charge in [0.2, 0.25) is 0 Å². The number of carbonyl (C=O) groups excluding carboxylic acids is 1. The predicted octanol–water partition coefficient (Wildman–Crippen LogP) is 3.82. The highest BCUT2D eigenvalue weighted by Crippen LogP contribution is 2.23. The summed E-state index contributed by atoms with van der Waals surface area (Å²) in [4.78, 5) is 14.7. The number of morpholine rings is 1. The molecule has 0 aromatic heterocycles. The van der Waals surface area contributed by atoms with Gasteiger partial charge in [0.15, 0.2) is 5.78 Å². The molecule has 1 aliphatic rings. The molecule has 0 saturated carbocycles. The number of ether oxygens (including phenoxy) is 3. The quantitative estimate of drug-likeness (QED) is 0.416. The van der Waals surface area contributed by atoms with Gasteiger partial charge in [-0.05, 0) is 66.2 Å². The van der Waals surface area contributed by atoms with E-state index in [1.165, 1.54) is 0 Å². The molecule has 0 amide bonds. The lowest BCUT2D eigenvalue weighted by atomic mass is 10.1. The van der Waals surface area contributed by atoms with Gasteiger partial charge in [0, 0.05) is 24.4 Å². The summed E-state index contributed by atoms with van der Waals surface area (Å²) in [5.41, 5.74) is 2.76. The standard InChI is InChI=1S/C23H25NO4/c1-26-20-10-6-18(7-11-20)22(24-14-16-28-17-15-24)4-3-5-23(25)19-8-12-21(27-2)13-9-19/h3-13H,14-17H2,1-2H3/b5-3+,22-4+. The fraction of sp³-hybridized carbons (Fsp3) is 0.261. The Kier molecular flexibility index (Phi) is 6.87. The Labute approximate surface area is 165 Å². The zero-order valence-electron chi connectivity index (χ0n) is 16.3. The van der Waals surface area contributed by atoms with Gasteiger partial charge < -0.3 is 19.1 Å². The van der Waals surface area contributed by atoms with Gasteiger partial charge in [0.05, 0.1) is 27.4 Å². The second-order valence-electron chi connectivity index (χ2n) is 6.33. The minimum absolute atomic E-state index is 0.0463. The van der Waals surface area contributed by atoms with Crippen LogP contribution in [0.25, 0.3) is 5.70 Å². The van der Waals surface area contributed by atoms with E-state index in [0.717, 1.165) is 35.8 Å². The van der Waals surface area contributed by atoms with Crippen molar-refractivity contribution in [3.63, 3.8) is 0 Å². The third-order valence-corrected chi connectivity index (χ3v) is 4.61. The lowest BCUT2D eigenvalue weighted by molar-refractivity contribution is 0.0639. The Balaban J connectivity index is 1.80. The first kappa shape index (κ1) is 19.7. The van der Waals surface area contributed by atoms with Crippen LogP contribution in [-0.2, 0) is 4.74 Å². The first-order valence-corrected chi connectivity index (χ1v) is 9.25. The van der Waals surface area contributed by atoms with E-state index < -0.39 is 0 Å². The summed E-state index contributed by atoms with van der Waals surface area (Å²) in [6.45, 7) is 3.03. The molecule has 2 aromatic carbocycles. The summed E-state index contributed by atoms with van der Waals surface area (Å²) in [6.07, 6.45) is 5.38. The molecule has 0 atom stereocenters. The summed E-state index contributed by atoms with van der Waals surface area (Å²) >= 11 is 0. The van der Waals surface area contributed by atoms with E-state index in [4.69, 9.17) is 14.2 Å². The number of rotatable bonds is 7. The van der Waals surface area contributed by atoms with Crippen molar-refractivity contribution in [3.8, 4) is 11.5 Å². The van der Waals surface area contributed by atoms with Gasteiger partial charge in [-0.15, -0.1) is 0 Å². The van der Waals surface area contributed by atoms with Crippen molar-refractivity contribution in [2.24, 2.45) is 0 Å². The van der Waals surface area contributed by atoms with E-state index in [2.05, 4.69) is 4.90 Å². The Bertz CT molecular complexity index is 832. The van der Waals surface area contributed by atoms with E-state index in [-0.39, 0.29) is 5.78 Å². The van der Waals surface area contributed by atoms with Gasteiger partial charge in [-0.1, -0.05) is 6.08 Å². The second-order valence-corrected chi connectivity index (χ2v) is 6.33. The number of hydrogen-bond acceptors (Lipinski definition) is 5. The molecule has 1 aliphatic heterocycles. The third-order valence-electron chi connectivity index (χ3n) is 4.61. The summed E-state index contributed by atoms with van der Waals surface area (Å²) in [6, 6.07) is 15.0. The zero-order chi connectivity index (χ0) is 19.8. The average molecular weight is 379 g/mol. The summed E-state index contributed by atoms with van der Waals surface area (Å²) in [7, 11) is 3.26. The summed E-state index contributed by atoms with van der Waals surface area (Å²) < 4.78 is 15.9. The molecule has 1 fully saturated rings. The second kappa shape index (κ2) is 9.76. The van der Waals surface area contributed by atoms with Crippen LogP contribution in [0.15, 0.2) is 66.8 Å². The van der Waals surface area contributed by atoms with E-state index in [0.29, 0.717) is 18.8 Å². The van der Waals surface area contributed by atoms with E-state index in [1.54, 1.807) is 44.6 Å². The molecule has 0 spiro atoms. The Hall–Kier alpha value is -3.05. The van der Waals surface area contributed by atoms with E-state index >= 15 is 0 Å². The summed E-state index contributed by atoms with van der Waals surface area (Å²) in [5.74, 6) is 1.50. The molecule has 3 rings (SSSR count). The smallest absolute Gasteiger partial charge is 0.185 e. The average Bonchev–Trinajstić information content (AvgIpc) is 2.77. The molecule has 5 nitrogen and oxygen atoms in total. The molecular formula is C23H25NO4. The number of nitrogens with zero attached hydrogens (tertiary/aromatic N) is 1. The Morgan fingerprint density at radius 1 is 0.893 bits per heavy atom. The minimum atomic E-state index is -0.0463. The van der Waals surface area contributed by atoms with Crippen LogP contribution in [0.2, 0.25) is 0 Å². The largest absolute Gasteiger partial charge is 0.497 e. The molecule has 0 unspecified atom stereocenters. The van der Waals surface area contributed by atoms with Gasteiger partial charge in [0.25, 0.3) is 0 Å². The predicted molar refractivity (Wildman–Crippen MR) is 110 cm³/mol. The Morgan fingerprint density at radius 2 is 1.43 bits per heavy atom. The van der Waals surface area contributed by atoms with Crippen LogP contribution >= 0.6 is 0 Å². The van der Waals surface area contributed by atoms with Crippen LogP contribution in [0, 0.1) is 0 Å². The van der Waals surface area contributed by atoms with Crippen molar-refractivity contribution >= 4 is 11.5 Å². The molecule has 0 radical (unpaired) electrons. The number of hydrogen-bond donors (Lipinski definition) is 0. The maximum atomic E-state index is 12.4. The van der Waals surface area contributed by atoms with Gasteiger partial charge in [-0.3, -0.25) is 4.79 Å². The van der Waals surface area contributed by atoms with Crippen LogP contribution in [-0.4, -0.2) is 51.2 Å². The first-order valence-electron chi connectivity index (χ1n) is 9.25. The van der Waals surface area contributed by atoms with Crippen molar-refractivity contribution in [2.45, 2.75) is 0 Å². The first-order chi connectivity index (χ1) is 13.7. The van der Waals surface area contributed by atoms with Crippen LogP contribution < -0.4 is 9.47 Å². The molecule has 1 saturated heterocycles. The summed E-state index contributed by atoms with van der Waals surface area (Å²) in [5, 5.41) is 0. The third kappa shape index (κ3) is 5.02. The zero-order valence-corrected chi connectivity index (χ0v) is 16.3. The van der Waals surface area contributed by atoms with Crippen LogP contribution in [0.4, 0.5) is 0 Å². The van der Waals surface area contributed by atoms with Crippen molar-refractivity contribution in [1.82, 2.24) is 4.90 Å². The number of allylic oxidation sites excluding steroid dienone is 3. The van der Waals surface area contributed by atoms with Crippen molar-refractivity contribution in [3.05, 3.63) is 77.9 Å². The number of benzene rings is 2. The maximum Gasteiger partial charge on any atom is 0.185 e. The van der Waals surface area contributed by atoms with Gasteiger partial charge >= 0.3 is 0 Å². The lowest BCUT2D eigenvalue weighted by Crippen LogP contribution is -2.34. The molecule has 0 N–H and O–H groups in total. The van der Waals surface area contributed by atoms with Crippen molar-refractivity contribution in [2.75, 3.05) is 40.5 Å². The minimum Gasteiger partial charge on any atom is -0.497 e. The molecule has 0 bridgehead atoms. The molecule has 146 valence electrons. The van der Waals surface area contributed by atoms with Crippen LogP contribution in [0.3, 0.4) is 0 Å². The van der Waals surface area contributed by atoms with Crippen molar-refractivity contribution < 1.29 is 19.0 Å². The van der Waals surface area contributed by atoms with Crippen LogP contribution in [0.5, 0.6) is 11.5 Å². The number of ketones is 1. The maximum absolute atomic E-state index is 12.4. The highest BCUT2D eigenvalue weighted by atomic mass is 16.5. The molecule has 0 aliphatic carbocycles. The fourth-order valence-electron chi connectivity index (χ4n) is 3.03. The van der Waals surface area contributed by atoms with Gasteiger partial charge in [-0.25, -0.2) is 0 Å². The highest BCUT2D eigenvalue weighted by Gasteiger charge is 2.15. The molecule has 28 heavy (non-hydrogen) atoms. The van der Waals surface area contributed by atoms with Crippen LogP contribution in [0.1, 0.15) is 15.9 Å². The fourth-order valence-corrected chi connectivity index (χ4v) is 3.03. The number of methoxy groups -OCH3 is 2. The van der Waals surface area contributed by atoms with Gasteiger partial charge in [0.1, 0.15) is 11.5 Å². The molecule has 1 heterocycles. The molecular weight excluding hydrogens is 354 g/mol. The van der Waals surface area contributed by atoms with E-state index in [1.807, 2.05) is 36.4 Å². The highest BCUT2D eigenvalue weighted by molar-refractivity contribution is 6.04.